The van der Waals surface area contributed by atoms with Gasteiger partial charge >= 0.3 is 5.97 Å². The largest absolute Gasteiger partial charge is 0.508 e. The summed E-state index contributed by atoms with van der Waals surface area (Å²) in [5, 5.41) is 14.3. The first-order chi connectivity index (χ1) is 14.6. The molecule has 0 fully saturated rings. The maximum absolute atomic E-state index is 12.6. The number of rotatable bonds is 6. The van der Waals surface area contributed by atoms with Gasteiger partial charge in [0.25, 0.3) is 5.91 Å². The SMILES string of the molecule is CCOC(=O)c1c(C=C2C(=O)NN=C2CCc2ccc(O)cc2)[nH]c2ccccc12. The van der Waals surface area contributed by atoms with Gasteiger partial charge in [0.05, 0.1) is 29.1 Å². The van der Waals surface area contributed by atoms with E-state index < -0.39 is 5.97 Å². The summed E-state index contributed by atoms with van der Waals surface area (Å²) >= 11 is 0. The molecule has 1 aromatic heterocycles. The number of carbonyl (C=O) groups is 2. The molecule has 0 bridgehead atoms. The molecule has 2 aromatic carbocycles. The Morgan fingerprint density at radius 1 is 1.13 bits per heavy atom. The van der Waals surface area contributed by atoms with E-state index in [1.54, 1.807) is 25.1 Å². The van der Waals surface area contributed by atoms with Crippen LogP contribution in [0.3, 0.4) is 0 Å². The number of aromatic hydroxyl groups is 1. The summed E-state index contributed by atoms with van der Waals surface area (Å²) < 4.78 is 5.23. The van der Waals surface area contributed by atoms with Crippen LogP contribution < -0.4 is 5.43 Å². The van der Waals surface area contributed by atoms with Crippen molar-refractivity contribution in [2.75, 3.05) is 6.61 Å². The summed E-state index contributed by atoms with van der Waals surface area (Å²) in [6.07, 6.45) is 2.84. The van der Waals surface area contributed by atoms with Gasteiger partial charge in [-0.2, -0.15) is 5.10 Å². The van der Waals surface area contributed by atoms with E-state index in [9.17, 15) is 14.7 Å². The number of hydrogen-bond donors (Lipinski definition) is 3. The maximum atomic E-state index is 12.6. The van der Waals surface area contributed by atoms with Crippen LogP contribution in [0.2, 0.25) is 0 Å². The van der Waals surface area contributed by atoms with E-state index in [4.69, 9.17) is 4.74 Å². The number of fused-ring (bicyclic) bond motifs is 1. The predicted molar refractivity (Wildman–Crippen MR) is 114 cm³/mol. The summed E-state index contributed by atoms with van der Waals surface area (Å²) in [6.45, 7) is 2.01. The van der Waals surface area contributed by atoms with Crippen molar-refractivity contribution in [1.29, 1.82) is 0 Å². The van der Waals surface area contributed by atoms with Gasteiger partial charge in [-0.05, 0) is 49.6 Å². The number of hydrogen-bond acceptors (Lipinski definition) is 5. The van der Waals surface area contributed by atoms with E-state index in [-0.39, 0.29) is 18.3 Å². The second-order valence-electron chi connectivity index (χ2n) is 6.90. The zero-order chi connectivity index (χ0) is 21.1. The molecule has 4 rings (SSSR count). The molecule has 1 aliphatic heterocycles. The third-order valence-electron chi connectivity index (χ3n) is 4.94. The van der Waals surface area contributed by atoms with Gasteiger partial charge < -0.3 is 14.8 Å². The van der Waals surface area contributed by atoms with Gasteiger partial charge in [0.1, 0.15) is 5.75 Å². The molecular formula is C23H21N3O4. The second kappa shape index (κ2) is 8.24. The highest BCUT2D eigenvalue weighted by Gasteiger charge is 2.25. The average molecular weight is 403 g/mol. The van der Waals surface area contributed by atoms with Crippen molar-refractivity contribution in [1.82, 2.24) is 10.4 Å². The minimum atomic E-state index is -0.442. The predicted octanol–water partition coefficient (Wildman–Crippen LogP) is 3.55. The van der Waals surface area contributed by atoms with E-state index in [2.05, 4.69) is 15.5 Å². The molecule has 0 atom stereocenters. The van der Waals surface area contributed by atoms with Gasteiger partial charge in [0.2, 0.25) is 0 Å². The number of benzene rings is 2. The fourth-order valence-corrected chi connectivity index (χ4v) is 3.47. The number of phenolic OH excluding ortho intramolecular Hbond substituents is 1. The first kappa shape index (κ1) is 19.4. The van der Waals surface area contributed by atoms with Crippen molar-refractivity contribution in [2.45, 2.75) is 19.8 Å². The van der Waals surface area contributed by atoms with Crippen molar-refractivity contribution in [2.24, 2.45) is 5.10 Å². The maximum Gasteiger partial charge on any atom is 0.340 e. The Morgan fingerprint density at radius 2 is 1.90 bits per heavy atom. The summed E-state index contributed by atoms with van der Waals surface area (Å²) in [5.74, 6) is -0.549. The summed E-state index contributed by atoms with van der Waals surface area (Å²) in [4.78, 5) is 28.2. The van der Waals surface area contributed by atoms with Gasteiger partial charge in [0.15, 0.2) is 0 Å². The normalized spacial score (nSPS) is 14.8. The summed E-state index contributed by atoms with van der Waals surface area (Å²) in [6, 6.07) is 14.4. The number of hydrazone groups is 1. The lowest BCUT2D eigenvalue weighted by atomic mass is 10.0. The van der Waals surface area contributed by atoms with Gasteiger partial charge in [-0.25, -0.2) is 10.2 Å². The lowest BCUT2D eigenvalue weighted by Crippen LogP contribution is -2.14. The minimum absolute atomic E-state index is 0.208. The third kappa shape index (κ3) is 3.82. The topological polar surface area (TPSA) is 104 Å². The van der Waals surface area contributed by atoms with E-state index in [0.29, 0.717) is 35.4 Å². The fourth-order valence-electron chi connectivity index (χ4n) is 3.47. The van der Waals surface area contributed by atoms with Gasteiger partial charge in [-0.3, -0.25) is 4.79 Å². The number of nitrogens with one attached hydrogen (secondary N) is 2. The van der Waals surface area contributed by atoms with Crippen LogP contribution in [0.15, 0.2) is 59.2 Å². The van der Waals surface area contributed by atoms with Crippen molar-refractivity contribution in [3.05, 3.63) is 70.9 Å². The molecule has 0 saturated carbocycles. The van der Waals surface area contributed by atoms with Crippen molar-refractivity contribution in [3.63, 3.8) is 0 Å². The van der Waals surface area contributed by atoms with Crippen LogP contribution >= 0.6 is 0 Å². The van der Waals surface area contributed by atoms with E-state index >= 15 is 0 Å². The summed E-state index contributed by atoms with van der Waals surface area (Å²) in [5.41, 5.74) is 6.24. The number of ether oxygens (including phenoxy) is 1. The van der Waals surface area contributed by atoms with E-state index in [1.165, 1.54) is 0 Å². The number of aromatic amines is 1. The van der Waals surface area contributed by atoms with E-state index in [1.807, 2.05) is 36.4 Å². The third-order valence-corrected chi connectivity index (χ3v) is 4.94. The average Bonchev–Trinajstić information content (AvgIpc) is 3.28. The number of H-pyrrole nitrogens is 1. The smallest absolute Gasteiger partial charge is 0.340 e. The number of aryl methyl sites for hydroxylation is 1. The highest BCUT2D eigenvalue weighted by molar-refractivity contribution is 6.28. The molecule has 1 amide bonds. The van der Waals surface area contributed by atoms with Crippen LogP contribution in [0.4, 0.5) is 0 Å². The molecule has 7 heteroatoms. The number of amides is 1. The number of para-hydroxylation sites is 1. The van der Waals surface area contributed by atoms with Crippen molar-refractivity contribution >= 4 is 34.6 Å². The zero-order valence-electron chi connectivity index (χ0n) is 16.4. The Kier molecular flexibility index (Phi) is 5.34. The molecule has 1 aliphatic rings. The fraction of sp³-hybridized carbons (Fsp3) is 0.174. The quantitative estimate of drug-likeness (QED) is 0.432. The minimum Gasteiger partial charge on any atom is -0.508 e. The summed E-state index contributed by atoms with van der Waals surface area (Å²) in [7, 11) is 0. The molecule has 2 heterocycles. The van der Waals surface area contributed by atoms with Crippen LogP contribution in [0.5, 0.6) is 5.75 Å². The molecule has 0 saturated heterocycles. The number of carbonyl (C=O) groups excluding carboxylic acids is 2. The molecule has 30 heavy (non-hydrogen) atoms. The molecule has 152 valence electrons. The van der Waals surface area contributed by atoms with Crippen LogP contribution in [-0.4, -0.2) is 34.3 Å². The monoisotopic (exact) mass is 403 g/mol. The second-order valence-corrected chi connectivity index (χ2v) is 6.90. The van der Waals surface area contributed by atoms with Gasteiger partial charge in [0, 0.05) is 10.9 Å². The highest BCUT2D eigenvalue weighted by Crippen LogP contribution is 2.26. The molecule has 3 aromatic rings. The number of nitrogens with zero attached hydrogens (tertiary/aromatic N) is 1. The molecule has 3 N–H and O–H groups in total. The van der Waals surface area contributed by atoms with Crippen LogP contribution in [0.25, 0.3) is 17.0 Å². The standard InChI is InChI=1S/C23H21N3O4/c1-2-30-23(29)21-16-5-3-4-6-18(16)24-20(21)13-17-19(25-26-22(17)28)12-9-14-7-10-15(27)11-8-14/h3-8,10-11,13,24,27H,2,9,12H2,1H3,(H,26,28). The zero-order valence-corrected chi connectivity index (χ0v) is 16.4. The molecule has 0 spiro atoms. The Balaban J connectivity index is 1.67. The van der Waals surface area contributed by atoms with Crippen LogP contribution in [0, 0.1) is 0 Å². The van der Waals surface area contributed by atoms with Crippen LogP contribution in [-0.2, 0) is 16.0 Å². The van der Waals surface area contributed by atoms with Gasteiger partial charge in [-0.15, -0.1) is 0 Å². The Bertz CT molecular complexity index is 1170. The van der Waals surface area contributed by atoms with Crippen LogP contribution in [0.1, 0.15) is 35.0 Å². The first-order valence-electron chi connectivity index (χ1n) is 9.71. The lowest BCUT2D eigenvalue weighted by molar-refractivity contribution is -0.116. The van der Waals surface area contributed by atoms with Crippen molar-refractivity contribution < 1.29 is 19.4 Å². The molecule has 0 aliphatic carbocycles. The van der Waals surface area contributed by atoms with Gasteiger partial charge in [-0.1, -0.05) is 30.3 Å². The first-order valence-corrected chi connectivity index (χ1v) is 9.71. The molecule has 0 radical (unpaired) electrons. The Hall–Kier alpha value is -3.87. The number of aromatic nitrogens is 1. The Labute approximate surface area is 173 Å². The van der Waals surface area contributed by atoms with E-state index in [0.717, 1.165) is 16.5 Å². The molecule has 0 unspecified atom stereocenters. The Morgan fingerprint density at radius 3 is 2.67 bits per heavy atom. The highest BCUT2D eigenvalue weighted by atomic mass is 16.5. The molecular weight excluding hydrogens is 382 g/mol. The number of esters is 1. The molecule has 7 nitrogen and oxygen atoms in total. The lowest BCUT2D eigenvalue weighted by Gasteiger charge is -2.05. The van der Waals surface area contributed by atoms with Crippen molar-refractivity contribution in [3.8, 4) is 5.75 Å². The number of phenols is 1.